The van der Waals surface area contributed by atoms with E-state index >= 15 is 0 Å². The quantitative estimate of drug-likeness (QED) is 0.836. The van der Waals surface area contributed by atoms with Crippen LogP contribution in [-0.4, -0.2) is 24.2 Å². The minimum Gasteiger partial charge on any atom is -0.328 e. The SMILES string of the molecule is CSNc1cc(CN2CCC(C)(C)CC2)ccc1F. The monoisotopic (exact) mass is 282 g/mol. The summed E-state index contributed by atoms with van der Waals surface area (Å²) in [6, 6.07) is 5.37. The summed E-state index contributed by atoms with van der Waals surface area (Å²) in [5.41, 5.74) is 2.24. The van der Waals surface area contributed by atoms with Gasteiger partial charge in [0.2, 0.25) is 0 Å². The number of piperidine rings is 1. The van der Waals surface area contributed by atoms with Crippen LogP contribution >= 0.6 is 11.9 Å². The lowest BCUT2D eigenvalue weighted by atomic mass is 9.82. The number of nitrogens with zero attached hydrogens (tertiary/aromatic N) is 1. The molecule has 1 aliphatic rings. The van der Waals surface area contributed by atoms with Crippen LogP contribution in [0.3, 0.4) is 0 Å². The lowest BCUT2D eigenvalue weighted by Crippen LogP contribution is -2.36. The first-order valence-corrected chi connectivity index (χ1v) is 8.02. The van der Waals surface area contributed by atoms with E-state index in [1.807, 2.05) is 18.4 Å². The molecule has 2 rings (SSSR count). The number of halogens is 1. The van der Waals surface area contributed by atoms with E-state index in [1.165, 1.54) is 30.4 Å². The Morgan fingerprint density at radius 3 is 2.63 bits per heavy atom. The smallest absolute Gasteiger partial charge is 0.147 e. The Kier molecular flexibility index (Phi) is 4.74. The molecule has 1 N–H and O–H groups in total. The van der Waals surface area contributed by atoms with Crippen molar-refractivity contribution in [3.05, 3.63) is 29.6 Å². The Labute approximate surface area is 119 Å². The van der Waals surface area contributed by atoms with Crippen LogP contribution in [0.25, 0.3) is 0 Å². The second kappa shape index (κ2) is 6.14. The van der Waals surface area contributed by atoms with Gasteiger partial charge in [-0.15, -0.1) is 0 Å². The van der Waals surface area contributed by atoms with E-state index in [4.69, 9.17) is 0 Å². The molecule has 4 heteroatoms. The van der Waals surface area contributed by atoms with Gasteiger partial charge in [-0.3, -0.25) is 4.90 Å². The molecule has 1 heterocycles. The fraction of sp³-hybridized carbons (Fsp3) is 0.600. The number of likely N-dealkylation sites (tertiary alicyclic amines) is 1. The maximum absolute atomic E-state index is 13.5. The van der Waals surface area contributed by atoms with Gasteiger partial charge in [0.1, 0.15) is 5.82 Å². The molecule has 0 atom stereocenters. The molecule has 0 aromatic heterocycles. The summed E-state index contributed by atoms with van der Waals surface area (Å²) in [6.45, 7) is 7.86. The Hall–Kier alpha value is -0.740. The molecule has 0 bridgehead atoms. The van der Waals surface area contributed by atoms with Crippen molar-refractivity contribution in [3.63, 3.8) is 0 Å². The van der Waals surface area contributed by atoms with Crippen molar-refractivity contribution in [2.75, 3.05) is 24.1 Å². The van der Waals surface area contributed by atoms with Gasteiger partial charge in [0, 0.05) is 12.8 Å². The molecule has 0 radical (unpaired) electrons. The molecule has 19 heavy (non-hydrogen) atoms. The Balaban J connectivity index is 1.98. The average molecular weight is 282 g/mol. The number of benzene rings is 1. The summed E-state index contributed by atoms with van der Waals surface area (Å²) in [6.07, 6.45) is 4.38. The Morgan fingerprint density at radius 2 is 2.00 bits per heavy atom. The lowest BCUT2D eigenvalue weighted by Gasteiger charge is -2.37. The first kappa shape index (κ1) is 14.7. The highest BCUT2D eigenvalue weighted by atomic mass is 32.2. The van der Waals surface area contributed by atoms with Gasteiger partial charge in [-0.1, -0.05) is 31.9 Å². The van der Waals surface area contributed by atoms with Gasteiger partial charge >= 0.3 is 0 Å². The fourth-order valence-electron chi connectivity index (χ4n) is 2.43. The second-order valence-electron chi connectivity index (χ2n) is 6.06. The zero-order valence-corrected chi connectivity index (χ0v) is 12.8. The van der Waals surface area contributed by atoms with E-state index in [1.54, 1.807) is 6.07 Å². The first-order valence-electron chi connectivity index (χ1n) is 6.80. The molecule has 106 valence electrons. The van der Waals surface area contributed by atoms with Crippen molar-refractivity contribution in [3.8, 4) is 0 Å². The van der Waals surface area contributed by atoms with Crippen LogP contribution in [0.4, 0.5) is 10.1 Å². The van der Waals surface area contributed by atoms with Gasteiger partial charge < -0.3 is 4.72 Å². The standard InChI is InChI=1S/C15H23FN2S/c1-15(2)6-8-18(9-7-15)11-12-4-5-13(16)14(10-12)17-19-3/h4-5,10,17H,6-9,11H2,1-3H3. The average Bonchev–Trinajstić information content (AvgIpc) is 2.36. The van der Waals surface area contributed by atoms with E-state index in [0.29, 0.717) is 11.1 Å². The van der Waals surface area contributed by atoms with Crippen molar-refractivity contribution in [1.82, 2.24) is 4.90 Å². The zero-order valence-electron chi connectivity index (χ0n) is 12.0. The maximum Gasteiger partial charge on any atom is 0.147 e. The van der Waals surface area contributed by atoms with Gasteiger partial charge in [-0.2, -0.15) is 0 Å². The van der Waals surface area contributed by atoms with Crippen LogP contribution in [0.1, 0.15) is 32.3 Å². The minimum absolute atomic E-state index is 0.183. The van der Waals surface area contributed by atoms with E-state index in [9.17, 15) is 4.39 Å². The second-order valence-corrected chi connectivity index (χ2v) is 6.67. The Morgan fingerprint density at radius 1 is 1.32 bits per heavy atom. The van der Waals surface area contributed by atoms with Gasteiger partial charge in [0.05, 0.1) is 5.69 Å². The minimum atomic E-state index is -0.183. The van der Waals surface area contributed by atoms with Crippen LogP contribution < -0.4 is 4.72 Å². The molecule has 0 amide bonds. The van der Waals surface area contributed by atoms with Crippen LogP contribution in [0.5, 0.6) is 0 Å². The number of hydrogen-bond acceptors (Lipinski definition) is 3. The molecule has 0 unspecified atom stereocenters. The van der Waals surface area contributed by atoms with E-state index in [-0.39, 0.29) is 5.82 Å². The van der Waals surface area contributed by atoms with Crippen molar-refractivity contribution >= 4 is 17.6 Å². The molecular weight excluding hydrogens is 259 g/mol. The van der Waals surface area contributed by atoms with E-state index < -0.39 is 0 Å². The maximum atomic E-state index is 13.5. The molecule has 0 saturated carbocycles. The largest absolute Gasteiger partial charge is 0.328 e. The third-order valence-electron chi connectivity index (χ3n) is 3.86. The molecule has 0 spiro atoms. The topological polar surface area (TPSA) is 15.3 Å². The van der Waals surface area contributed by atoms with Crippen LogP contribution in [0.15, 0.2) is 18.2 Å². The van der Waals surface area contributed by atoms with Gasteiger partial charge in [-0.05, 0) is 49.0 Å². The number of anilines is 1. The van der Waals surface area contributed by atoms with Crippen LogP contribution in [-0.2, 0) is 6.54 Å². The molecule has 1 aliphatic heterocycles. The molecule has 1 fully saturated rings. The highest BCUT2D eigenvalue weighted by Gasteiger charge is 2.25. The highest BCUT2D eigenvalue weighted by Crippen LogP contribution is 2.30. The molecular formula is C15H23FN2S. The molecule has 2 nitrogen and oxygen atoms in total. The van der Waals surface area contributed by atoms with Gasteiger partial charge in [0.25, 0.3) is 0 Å². The molecule has 1 aromatic rings. The highest BCUT2D eigenvalue weighted by molar-refractivity contribution is 7.99. The number of hydrogen-bond donors (Lipinski definition) is 1. The molecule has 0 aliphatic carbocycles. The van der Waals surface area contributed by atoms with Crippen LogP contribution in [0.2, 0.25) is 0 Å². The summed E-state index contributed by atoms with van der Waals surface area (Å²) >= 11 is 1.42. The predicted octanol–water partition coefficient (Wildman–Crippen LogP) is 4.14. The fourth-order valence-corrected chi connectivity index (χ4v) is 2.81. The zero-order chi connectivity index (χ0) is 13.9. The summed E-state index contributed by atoms with van der Waals surface area (Å²) in [5.74, 6) is -0.183. The third kappa shape index (κ3) is 4.11. The van der Waals surface area contributed by atoms with E-state index in [0.717, 1.165) is 19.6 Å². The van der Waals surface area contributed by atoms with Gasteiger partial charge in [-0.25, -0.2) is 4.39 Å². The summed E-state index contributed by atoms with van der Waals surface area (Å²) in [7, 11) is 0. The van der Waals surface area contributed by atoms with Crippen LogP contribution in [0, 0.1) is 11.2 Å². The normalized spacial score (nSPS) is 19.4. The van der Waals surface area contributed by atoms with Crippen molar-refractivity contribution in [1.29, 1.82) is 0 Å². The lowest BCUT2D eigenvalue weighted by molar-refractivity contribution is 0.127. The van der Waals surface area contributed by atoms with Gasteiger partial charge in [0.15, 0.2) is 0 Å². The third-order valence-corrected chi connectivity index (χ3v) is 4.28. The summed E-state index contributed by atoms with van der Waals surface area (Å²) in [5, 5.41) is 0. The summed E-state index contributed by atoms with van der Waals surface area (Å²) in [4.78, 5) is 2.46. The molecule has 1 saturated heterocycles. The molecule has 1 aromatic carbocycles. The predicted molar refractivity (Wildman–Crippen MR) is 81.8 cm³/mol. The van der Waals surface area contributed by atoms with E-state index in [2.05, 4.69) is 23.5 Å². The Bertz CT molecular complexity index is 424. The van der Waals surface area contributed by atoms with Crippen molar-refractivity contribution in [2.45, 2.75) is 33.2 Å². The summed E-state index contributed by atoms with van der Waals surface area (Å²) < 4.78 is 16.5. The number of nitrogens with one attached hydrogen (secondary N) is 1. The van der Waals surface area contributed by atoms with Crippen molar-refractivity contribution < 1.29 is 4.39 Å². The number of rotatable bonds is 4. The van der Waals surface area contributed by atoms with Crippen molar-refractivity contribution in [2.24, 2.45) is 5.41 Å². The first-order chi connectivity index (χ1) is 9.00.